The fourth-order valence-corrected chi connectivity index (χ4v) is 2.96. The standard InChI is InChI=1S/C16H20BrN3O3S/c17-12-5-7-13(8-6-12)23-10-15(22)19-20-16(24)18-14(21)9-11-3-1-2-4-11/h5-8,11H,1-4,9-10H2,(H,19,22)(H2,18,20,21,24). The Hall–Kier alpha value is -1.67. The molecule has 130 valence electrons. The van der Waals surface area contributed by atoms with Crippen molar-refractivity contribution in [3.63, 3.8) is 0 Å². The van der Waals surface area contributed by atoms with E-state index >= 15 is 0 Å². The molecular weight excluding hydrogens is 394 g/mol. The number of carbonyl (C=O) groups excluding carboxylic acids is 2. The molecule has 0 bridgehead atoms. The zero-order valence-electron chi connectivity index (χ0n) is 13.1. The van der Waals surface area contributed by atoms with Crippen LogP contribution in [0, 0.1) is 5.92 Å². The van der Waals surface area contributed by atoms with E-state index in [1.165, 1.54) is 12.8 Å². The summed E-state index contributed by atoms with van der Waals surface area (Å²) in [6.07, 6.45) is 5.04. The Labute approximate surface area is 154 Å². The van der Waals surface area contributed by atoms with Crippen LogP contribution in [0.3, 0.4) is 0 Å². The van der Waals surface area contributed by atoms with Gasteiger partial charge in [0, 0.05) is 10.9 Å². The minimum atomic E-state index is -0.398. The first-order valence-electron chi connectivity index (χ1n) is 7.80. The summed E-state index contributed by atoms with van der Waals surface area (Å²) in [6, 6.07) is 7.14. The van der Waals surface area contributed by atoms with Crippen LogP contribution in [0.2, 0.25) is 0 Å². The van der Waals surface area contributed by atoms with E-state index in [1.807, 2.05) is 12.1 Å². The summed E-state index contributed by atoms with van der Waals surface area (Å²) < 4.78 is 6.25. The molecule has 0 aliphatic heterocycles. The van der Waals surface area contributed by atoms with Crippen LogP contribution in [0.4, 0.5) is 0 Å². The summed E-state index contributed by atoms with van der Waals surface area (Å²) in [5.74, 6) is 0.507. The van der Waals surface area contributed by atoms with E-state index < -0.39 is 5.91 Å². The van der Waals surface area contributed by atoms with Gasteiger partial charge in [-0.3, -0.25) is 20.4 Å². The second kappa shape index (κ2) is 9.58. The largest absolute Gasteiger partial charge is 0.484 e. The van der Waals surface area contributed by atoms with E-state index in [2.05, 4.69) is 32.1 Å². The molecule has 0 heterocycles. The lowest BCUT2D eigenvalue weighted by Gasteiger charge is -2.13. The molecule has 0 saturated heterocycles. The van der Waals surface area contributed by atoms with Gasteiger partial charge < -0.3 is 10.1 Å². The number of hydrogen-bond acceptors (Lipinski definition) is 4. The zero-order valence-corrected chi connectivity index (χ0v) is 15.5. The van der Waals surface area contributed by atoms with Gasteiger partial charge in [0.25, 0.3) is 5.91 Å². The van der Waals surface area contributed by atoms with Crippen molar-refractivity contribution < 1.29 is 14.3 Å². The Morgan fingerprint density at radius 1 is 1.12 bits per heavy atom. The van der Waals surface area contributed by atoms with Gasteiger partial charge in [0.05, 0.1) is 0 Å². The average molecular weight is 414 g/mol. The number of amides is 2. The number of hydrazine groups is 1. The van der Waals surface area contributed by atoms with Gasteiger partial charge in [-0.1, -0.05) is 28.8 Å². The van der Waals surface area contributed by atoms with Gasteiger partial charge in [-0.05, 0) is 55.2 Å². The smallest absolute Gasteiger partial charge is 0.276 e. The molecular formula is C16H20BrN3O3S. The van der Waals surface area contributed by atoms with E-state index in [0.29, 0.717) is 18.1 Å². The van der Waals surface area contributed by atoms with Gasteiger partial charge in [0.1, 0.15) is 5.75 Å². The van der Waals surface area contributed by atoms with Crippen LogP contribution in [0.25, 0.3) is 0 Å². The molecule has 6 nitrogen and oxygen atoms in total. The summed E-state index contributed by atoms with van der Waals surface area (Å²) in [5, 5.41) is 2.64. The summed E-state index contributed by atoms with van der Waals surface area (Å²) in [4.78, 5) is 23.5. The zero-order chi connectivity index (χ0) is 17.4. The van der Waals surface area contributed by atoms with E-state index in [9.17, 15) is 9.59 Å². The maximum atomic E-state index is 11.8. The number of halogens is 1. The van der Waals surface area contributed by atoms with Gasteiger partial charge in [-0.2, -0.15) is 0 Å². The first-order chi connectivity index (χ1) is 11.5. The van der Waals surface area contributed by atoms with E-state index in [0.717, 1.165) is 17.3 Å². The number of benzene rings is 1. The molecule has 0 unspecified atom stereocenters. The highest BCUT2D eigenvalue weighted by Gasteiger charge is 2.18. The first-order valence-corrected chi connectivity index (χ1v) is 9.00. The van der Waals surface area contributed by atoms with E-state index in [1.54, 1.807) is 12.1 Å². The summed E-state index contributed by atoms with van der Waals surface area (Å²) in [7, 11) is 0. The van der Waals surface area contributed by atoms with Crippen molar-refractivity contribution in [1.29, 1.82) is 0 Å². The summed E-state index contributed by atoms with van der Waals surface area (Å²) in [6.45, 7) is -0.159. The van der Waals surface area contributed by atoms with Crippen molar-refractivity contribution in [1.82, 2.24) is 16.2 Å². The van der Waals surface area contributed by atoms with Crippen molar-refractivity contribution in [3.05, 3.63) is 28.7 Å². The van der Waals surface area contributed by atoms with Crippen molar-refractivity contribution in [3.8, 4) is 5.75 Å². The number of thiocarbonyl (C=S) groups is 1. The normalized spacial score (nSPS) is 14.0. The SMILES string of the molecule is O=C(COc1ccc(Br)cc1)NNC(=S)NC(=O)CC1CCCC1. The number of ether oxygens (including phenoxy) is 1. The molecule has 1 aromatic carbocycles. The lowest BCUT2D eigenvalue weighted by Crippen LogP contribution is -2.49. The molecule has 1 aliphatic carbocycles. The number of carbonyl (C=O) groups is 2. The Kier molecular flexibility index (Phi) is 7.45. The maximum Gasteiger partial charge on any atom is 0.276 e. The molecule has 0 radical (unpaired) electrons. The molecule has 2 amide bonds. The van der Waals surface area contributed by atoms with Crippen LogP contribution in [0.15, 0.2) is 28.7 Å². The van der Waals surface area contributed by atoms with Crippen LogP contribution in [0.1, 0.15) is 32.1 Å². The molecule has 8 heteroatoms. The highest BCUT2D eigenvalue weighted by molar-refractivity contribution is 9.10. The Bertz CT molecular complexity index is 589. The van der Waals surface area contributed by atoms with E-state index in [4.69, 9.17) is 17.0 Å². The van der Waals surface area contributed by atoms with Crippen LogP contribution < -0.4 is 20.9 Å². The predicted octanol–water partition coefficient (Wildman–Crippen LogP) is 2.43. The third kappa shape index (κ3) is 6.84. The molecule has 0 atom stereocenters. The summed E-state index contributed by atoms with van der Waals surface area (Å²) in [5.41, 5.74) is 4.88. The predicted molar refractivity (Wildman–Crippen MR) is 98.2 cm³/mol. The van der Waals surface area contributed by atoms with Crippen molar-refractivity contribution >= 4 is 45.1 Å². The lowest BCUT2D eigenvalue weighted by molar-refractivity contribution is -0.124. The Morgan fingerprint density at radius 2 is 1.79 bits per heavy atom. The van der Waals surface area contributed by atoms with Gasteiger partial charge in [-0.15, -0.1) is 0 Å². The molecule has 1 aliphatic rings. The van der Waals surface area contributed by atoms with Gasteiger partial charge in [0.2, 0.25) is 5.91 Å². The topological polar surface area (TPSA) is 79.5 Å². The molecule has 24 heavy (non-hydrogen) atoms. The lowest BCUT2D eigenvalue weighted by atomic mass is 10.0. The van der Waals surface area contributed by atoms with Gasteiger partial charge in [-0.25, -0.2) is 0 Å². The maximum absolute atomic E-state index is 11.8. The van der Waals surface area contributed by atoms with Gasteiger partial charge >= 0.3 is 0 Å². The Morgan fingerprint density at radius 3 is 2.46 bits per heavy atom. The second-order valence-electron chi connectivity index (χ2n) is 5.65. The molecule has 0 spiro atoms. The fraction of sp³-hybridized carbons (Fsp3) is 0.438. The van der Waals surface area contributed by atoms with Crippen molar-refractivity contribution in [2.75, 3.05) is 6.61 Å². The third-order valence-corrected chi connectivity index (χ3v) is 4.43. The van der Waals surface area contributed by atoms with Crippen LogP contribution in [-0.2, 0) is 9.59 Å². The first kappa shape index (κ1) is 18.7. The number of rotatable bonds is 5. The minimum Gasteiger partial charge on any atom is -0.484 e. The highest BCUT2D eigenvalue weighted by atomic mass is 79.9. The number of hydrogen-bond donors (Lipinski definition) is 3. The van der Waals surface area contributed by atoms with E-state index in [-0.39, 0.29) is 17.6 Å². The average Bonchev–Trinajstić information content (AvgIpc) is 3.05. The van der Waals surface area contributed by atoms with Crippen LogP contribution >= 0.6 is 28.1 Å². The third-order valence-electron chi connectivity index (χ3n) is 3.70. The monoisotopic (exact) mass is 413 g/mol. The van der Waals surface area contributed by atoms with Crippen LogP contribution in [0.5, 0.6) is 5.75 Å². The molecule has 3 N–H and O–H groups in total. The molecule has 1 fully saturated rings. The molecule has 1 aromatic rings. The van der Waals surface area contributed by atoms with Crippen molar-refractivity contribution in [2.45, 2.75) is 32.1 Å². The molecule has 1 saturated carbocycles. The van der Waals surface area contributed by atoms with Crippen molar-refractivity contribution in [2.24, 2.45) is 5.92 Å². The Balaban J connectivity index is 1.60. The second-order valence-corrected chi connectivity index (χ2v) is 6.97. The summed E-state index contributed by atoms with van der Waals surface area (Å²) >= 11 is 8.30. The highest BCUT2D eigenvalue weighted by Crippen LogP contribution is 2.27. The van der Waals surface area contributed by atoms with Crippen LogP contribution in [-0.4, -0.2) is 23.5 Å². The number of nitrogens with one attached hydrogen (secondary N) is 3. The molecule has 0 aromatic heterocycles. The minimum absolute atomic E-state index is 0.0787. The van der Waals surface area contributed by atoms with Gasteiger partial charge in [0.15, 0.2) is 11.7 Å². The quantitative estimate of drug-likeness (QED) is 0.510. The molecule has 2 rings (SSSR count). The fourth-order valence-electron chi connectivity index (χ4n) is 2.53.